The zero-order valence-electron chi connectivity index (χ0n) is 21.5. The molecule has 32 heavy (non-hydrogen) atoms. The molecule has 0 aliphatic heterocycles. The van der Waals surface area contributed by atoms with Gasteiger partial charge < -0.3 is 9.67 Å². The van der Waals surface area contributed by atoms with Gasteiger partial charge in [-0.25, -0.2) is 4.98 Å². The molecule has 0 aliphatic rings. The van der Waals surface area contributed by atoms with Gasteiger partial charge in [0, 0.05) is 24.4 Å². The van der Waals surface area contributed by atoms with E-state index in [-0.39, 0.29) is 23.9 Å². The first kappa shape index (κ1) is 16.7. The first-order valence-electron chi connectivity index (χ1n) is 12.0. The molecule has 5 rings (SSSR count). The lowest BCUT2D eigenvalue weighted by Gasteiger charge is -2.09. The van der Waals surface area contributed by atoms with E-state index in [1.165, 1.54) is 0 Å². The molecular formula is C28H25N3O. The van der Waals surface area contributed by atoms with Crippen molar-refractivity contribution in [1.82, 2.24) is 14.5 Å². The Morgan fingerprint density at radius 1 is 0.906 bits per heavy atom. The van der Waals surface area contributed by atoms with Gasteiger partial charge in [0.05, 0.1) is 26.4 Å². The Morgan fingerprint density at radius 2 is 1.72 bits per heavy atom. The summed E-state index contributed by atoms with van der Waals surface area (Å²) in [7, 11) is 1.90. The lowest BCUT2D eigenvalue weighted by atomic mass is 10.00. The molecule has 3 aromatic carbocycles. The predicted molar refractivity (Wildman–Crippen MR) is 131 cm³/mol. The summed E-state index contributed by atoms with van der Waals surface area (Å²) in [6.45, 7) is 5.80. The molecular weight excluding hydrogens is 394 g/mol. The number of imidazole rings is 1. The van der Waals surface area contributed by atoms with Crippen LogP contribution >= 0.6 is 0 Å². The van der Waals surface area contributed by atoms with Crippen LogP contribution in [0.2, 0.25) is 0 Å². The second kappa shape index (κ2) is 7.65. The standard InChI is InChI=1S/C28H25N3O/c1-17-11-12-29-24(15-17)21-8-5-7-20(16-21)22-9-6-10-25-26(22)30-28(31(25)4)23-14-18(2)13-19(3)27(23)32/h5-16,32H,1-4H3/i5D,7D,8D. The van der Waals surface area contributed by atoms with Crippen molar-refractivity contribution in [2.24, 2.45) is 7.05 Å². The fourth-order valence-corrected chi connectivity index (χ4v) is 4.15. The fraction of sp³-hybridized carbons (Fsp3) is 0.143. The molecule has 0 fully saturated rings. The van der Waals surface area contributed by atoms with Crippen LogP contribution in [0.15, 0.2) is 72.9 Å². The van der Waals surface area contributed by atoms with Crippen molar-refractivity contribution >= 4 is 11.0 Å². The molecule has 0 aliphatic carbocycles. The van der Waals surface area contributed by atoms with E-state index >= 15 is 0 Å². The largest absolute Gasteiger partial charge is 0.507 e. The normalized spacial score (nSPS) is 12.6. The van der Waals surface area contributed by atoms with Crippen molar-refractivity contribution in [2.75, 3.05) is 0 Å². The number of fused-ring (bicyclic) bond motifs is 1. The van der Waals surface area contributed by atoms with Crippen molar-refractivity contribution in [1.29, 1.82) is 0 Å². The van der Waals surface area contributed by atoms with Gasteiger partial charge in [-0.05, 0) is 73.4 Å². The Labute approximate surface area is 192 Å². The second-order valence-electron chi connectivity index (χ2n) is 8.21. The summed E-state index contributed by atoms with van der Waals surface area (Å²) in [6.07, 6.45) is 1.68. The van der Waals surface area contributed by atoms with Gasteiger partial charge in [-0.2, -0.15) is 0 Å². The van der Waals surface area contributed by atoms with Crippen LogP contribution in [0, 0.1) is 20.8 Å². The number of aromatic nitrogens is 3. The highest BCUT2D eigenvalue weighted by atomic mass is 16.3. The predicted octanol–water partition coefficient (Wildman–Crippen LogP) is 6.60. The minimum Gasteiger partial charge on any atom is -0.507 e. The third-order valence-corrected chi connectivity index (χ3v) is 5.76. The Morgan fingerprint density at radius 3 is 2.53 bits per heavy atom. The third-order valence-electron chi connectivity index (χ3n) is 5.76. The van der Waals surface area contributed by atoms with Crippen molar-refractivity contribution < 1.29 is 9.22 Å². The molecule has 4 nitrogen and oxygen atoms in total. The Kier molecular flexibility index (Phi) is 4.00. The molecule has 0 radical (unpaired) electrons. The highest BCUT2D eigenvalue weighted by Crippen LogP contribution is 2.37. The van der Waals surface area contributed by atoms with E-state index in [9.17, 15) is 5.11 Å². The summed E-state index contributed by atoms with van der Waals surface area (Å²) in [6, 6.07) is 14.9. The van der Waals surface area contributed by atoms with E-state index in [0.717, 1.165) is 22.2 Å². The summed E-state index contributed by atoms with van der Waals surface area (Å²) >= 11 is 0. The van der Waals surface area contributed by atoms with Crippen molar-refractivity contribution in [2.45, 2.75) is 20.8 Å². The highest BCUT2D eigenvalue weighted by molar-refractivity contribution is 5.95. The van der Waals surface area contributed by atoms with E-state index < -0.39 is 0 Å². The van der Waals surface area contributed by atoms with E-state index in [1.807, 2.05) is 74.9 Å². The monoisotopic (exact) mass is 422 g/mol. The zero-order chi connectivity index (χ0) is 25.0. The number of benzene rings is 3. The van der Waals surface area contributed by atoms with Crippen LogP contribution in [0.3, 0.4) is 0 Å². The van der Waals surface area contributed by atoms with Crippen molar-refractivity contribution in [3.63, 3.8) is 0 Å². The Balaban J connectivity index is 1.79. The van der Waals surface area contributed by atoms with E-state index in [1.54, 1.807) is 12.3 Å². The maximum absolute atomic E-state index is 10.8. The maximum Gasteiger partial charge on any atom is 0.144 e. The zero-order valence-corrected chi connectivity index (χ0v) is 18.5. The van der Waals surface area contributed by atoms with Crippen LogP contribution in [0.1, 0.15) is 20.8 Å². The number of para-hydroxylation sites is 1. The molecule has 1 N–H and O–H groups in total. The summed E-state index contributed by atoms with van der Waals surface area (Å²) in [5.41, 5.74) is 7.27. The minimum atomic E-state index is -0.152. The molecule has 0 saturated heterocycles. The number of phenolic OH excluding ortho intramolecular Hbond substituents is 1. The van der Waals surface area contributed by atoms with Crippen LogP contribution in [0.25, 0.3) is 44.8 Å². The molecule has 2 aromatic heterocycles. The summed E-state index contributed by atoms with van der Waals surface area (Å²) in [5, 5.41) is 10.8. The summed E-state index contributed by atoms with van der Waals surface area (Å²) in [5.74, 6) is 0.809. The Bertz CT molecular complexity index is 1640. The van der Waals surface area contributed by atoms with Crippen molar-refractivity contribution in [3.8, 4) is 39.5 Å². The van der Waals surface area contributed by atoms with Gasteiger partial charge in [-0.1, -0.05) is 36.3 Å². The number of rotatable bonds is 3. The quantitative estimate of drug-likeness (QED) is 0.356. The molecule has 0 bridgehead atoms. The number of phenols is 1. The van der Waals surface area contributed by atoms with E-state index in [0.29, 0.717) is 39.3 Å². The lowest BCUT2D eigenvalue weighted by molar-refractivity contribution is 0.472. The molecule has 0 amide bonds. The number of pyridine rings is 1. The highest BCUT2D eigenvalue weighted by Gasteiger charge is 2.18. The van der Waals surface area contributed by atoms with Gasteiger partial charge in [0.1, 0.15) is 11.6 Å². The molecule has 2 heterocycles. The molecule has 0 spiro atoms. The fourth-order valence-electron chi connectivity index (χ4n) is 4.15. The number of hydrogen-bond donors (Lipinski definition) is 1. The molecule has 5 aromatic rings. The Hall–Kier alpha value is -3.92. The average molecular weight is 423 g/mol. The number of aromatic hydroxyl groups is 1. The number of aryl methyl sites for hydroxylation is 4. The first-order valence-corrected chi connectivity index (χ1v) is 10.5. The summed E-state index contributed by atoms with van der Waals surface area (Å²) < 4.78 is 27.6. The van der Waals surface area contributed by atoms with Gasteiger partial charge in [-0.3, -0.25) is 4.98 Å². The summed E-state index contributed by atoms with van der Waals surface area (Å²) in [4.78, 5) is 9.32. The van der Waals surface area contributed by atoms with Gasteiger partial charge in [-0.15, -0.1) is 0 Å². The van der Waals surface area contributed by atoms with Crippen LogP contribution in [-0.4, -0.2) is 19.6 Å². The van der Waals surface area contributed by atoms with Crippen LogP contribution < -0.4 is 0 Å². The molecule has 0 saturated carbocycles. The lowest BCUT2D eigenvalue weighted by Crippen LogP contribution is -1.94. The van der Waals surface area contributed by atoms with Crippen LogP contribution in [-0.2, 0) is 7.05 Å². The van der Waals surface area contributed by atoms with E-state index in [2.05, 4.69) is 4.98 Å². The van der Waals surface area contributed by atoms with Crippen molar-refractivity contribution in [3.05, 3.63) is 89.5 Å². The molecule has 4 heteroatoms. The van der Waals surface area contributed by atoms with Crippen LogP contribution in [0.4, 0.5) is 0 Å². The average Bonchev–Trinajstić information content (AvgIpc) is 3.16. The molecule has 158 valence electrons. The molecule has 0 unspecified atom stereocenters. The SMILES string of the molecule is [2H]c1c(-c2cc(C)ccn2)cc(-c2cccc3c2nc(-c2cc(C)cc(C)c2O)n3C)c([2H])c1[2H]. The molecule has 0 atom stereocenters. The number of hydrogen-bond acceptors (Lipinski definition) is 3. The topological polar surface area (TPSA) is 50.9 Å². The van der Waals surface area contributed by atoms with Gasteiger partial charge >= 0.3 is 0 Å². The smallest absolute Gasteiger partial charge is 0.144 e. The number of nitrogens with zero attached hydrogens (tertiary/aromatic N) is 3. The van der Waals surface area contributed by atoms with Gasteiger partial charge in [0.2, 0.25) is 0 Å². The van der Waals surface area contributed by atoms with Crippen LogP contribution in [0.5, 0.6) is 5.75 Å². The third kappa shape index (κ3) is 3.34. The first-order chi connectivity index (χ1) is 16.7. The van der Waals surface area contributed by atoms with Gasteiger partial charge in [0.25, 0.3) is 0 Å². The van der Waals surface area contributed by atoms with Gasteiger partial charge in [0.15, 0.2) is 0 Å². The minimum absolute atomic E-state index is 0.0223. The van der Waals surface area contributed by atoms with E-state index in [4.69, 9.17) is 9.10 Å². The maximum atomic E-state index is 10.8. The second-order valence-corrected chi connectivity index (χ2v) is 8.21.